The average Bonchev–Trinajstić information content (AvgIpc) is 2.68. The fourth-order valence-corrected chi connectivity index (χ4v) is 5.20. The Morgan fingerprint density at radius 1 is 1.19 bits per heavy atom. The zero-order chi connectivity index (χ0) is 23.0. The molecule has 1 saturated carbocycles. The summed E-state index contributed by atoms with van der Waals surface area (Å²) >= 11 is 0. The van der Waals surface area contributed by atoms with Crippen LogP contribution in [0, 0.1) is 11.8 Å². The first-order chi connectivity index (χ1) is 14.4. The molecule has 1 aromatic rings. The molecule has 164 valence electrons. The second-order valence-electron chi connectivity index (χ2n) is 8.35. The highest BCUT2D eigenvalue weighted by Gasteiger charge is 2.65. The smallest absolute Gasteiger partial charge is 0.255 e. The summed E-state index contributed by atoms with van der Waals surface area (Å²) in [4.78, 5) is 39.7. The van der Waals surface area contributed by atoms with Gasteiger partial charge in [-0.15, -0.1) is 0 Å². The molecule has 5 atom stereocenters. The van der Waals surface area contributed by atoms with Crippen LogP contribution in [0.5, 0.6) is 5.75 Å². The van der Waals surface area contributed by atoms with Crippen molar-refractivity contribution in [3.8, 4) is 5.75 Å². The molecule has 1 amide bonds. The van der Waals surface area contributed by atoms with Crippen molar-refractivity contribution >= 4 is 23.2 Å². The first-order valence-corrected chi connectivity index (χ1v) is 9.59. The van der Waals surface area contributed by atoms with Crippen LogP contribution in [0.15, 0.2) is 35.1 Å². The summed E-state index contributed by atoms with van der Waals surface area (Å²) in [5.74, 6) is -7.79. The van der Waals surface area contributed by atoms with Gasteiger partial charge in [0, 0.05) is 17.4 Å². The number of fused-ring (bicyclic) bond motifs is 3. The summed E-state index contributed by atoms with van der Waals surface area (Å²) in [6.07, 6.45) is -1.51. The second kappa shape index (κ2) is 6.64. The first kappa shape index (κ1) is 21.0. The lowest BCUT2D eigenvalue weighted by Gasteiger charge is -2.51. The molecule has 1 fully saturated rings. The molecule has 31 heavy (non-hydrogen) atoms. The summed E-state index contributed by atoms with van der Waals surface area (Å²) in [5.41, 5.74) is 1.26. The molecule has 3 aliphatic carbocycles. The minimum absolute atomic E-state index is 0.161. The predicted molar refractivity (Wildman–Crippen MR) is 106 cm³/mol. The van der Waals surface area contributed by atoms with E-state index < -0.39 is 69.7 Å². The van der Waals surface area contributed by atoms with E-state index in [4.69, 9.17) is 5.73 Å². The van der Waals surface area contributed by atoms with E-state index >= 15 is 0 Å². The van der Waals surface area contributed by atoms with Crippen molar-refractivity contribution in [1.82, 2.24) is 4.90 Å². The number of aromatic hydroxyl groups is 1. The number of benzene rings is 1. The quantitative estimate of drug-likeness (QED) is 0.336. The van der Waals surface area contributed by atoms with Gasteiger partial charge in [-0.1, -0.05) is 12.1 Å². The number of aliphatic hydroxyl groups is 4. The molecule has 10 heteroatoms. The second-order valence-corrected chi connectivity index (χ2v) is 8.35. The number of amides is 1. The zero-order valence-electron chi connectivity index (χ0n) is 16.7. The number of likely N-dealkylation sites (N-methyl/N-ethyl adjacent to an activating group) is 1. The Hall–Kier alpha value is -3.21. The Bertz CT molecular complexity index is 1100. The molecule has 0 spiro atoms. The average molecular weight is 430 g/mol. The van der Waals surface area contributed by atoms with Crippen molar-refractivity contribution in [2.45, 2.75) is 24.2 Å². The number of carbonyl (C=O) groups is 3. The molecule has 0 bridgehead atoms. The highest BCUT2D eigenvalue weighted by Crippen LogP contribution is 2.55. The predicted octanol–water partition coefficient (Wildman–Crippen LogP) is -0.545. The number of aliphatic hydroxyl groups excluding tert-OH is 3. The highest BCUT2D eigenvalue weighted by molar-refractivity contribution is 6.24. The summed E-state index contributed by atoms with van der Waals surface area (Å²) in [5, 5.41) is 54.1. The minimum atomic E-state index is -2.73. The van der Waals surface area contributed by atoms with Crippen molar-refractivity contribution < 1.29 is 39.9 Å². The van der Waals surface area contributed by atoms with Gasteiger partial charge in [0.15, 0.2) is 11.4 Å². The number of hydrogen-bond acceptors (Lipinski definition) is 9. The van der Waals surface area contributed by atoms with Crippen LogP contribution in [0.25, 0.3) is 5.76 Å². The van der Waals surface area contributed by atoms with Crippen LogP contribution in [0.1, 0.15) is 23.7 Å². The van der Waals surface area contributed by atoms with Crippen LogP contribution < -0.4 is 5.73 Å². The Balaban J connectivity index is 2.01. The number of hydrogen-bond donors (Lipinski definition) is 6. The van der Waals surface area contributed by atoms with Gasteiger partial charge in [-0.3, -0.25) is 19.3 Å². The van der Waals surface area contributed by atoms with Gasteiger partial charge in [-0.05, 0) is 32.1 Å². The standard InChI is InChI=1S/C21H22N2O8/c1-23(2)14-9-6-8-12(16(26)11-7(15(8)25)4-3-5-10(11)24)18(28)21(9,31)19(29)13(17(14)27)20(22)30/h3-5,8-9,14-15,24-26,29,31H,6H2,1-2H3,(H2,22,30)/t8-,9-,14-,15+,21-/m1/s1. The van der Waals surface area contributed by atoms with Gasteiger partial charge in [0.05, 0.1) is 17.7 Å². The monoisotopic (exact) mass is 430 g/mol. The van der Waals surface area contributed by atoms with Crippen LogP contribution in [0.4, 0.5) is 0 Å². The topological polar surface area (TPSA) is 182 Å². The van der Waals surface area contributed by atoms with Gasteiger partial charge in [0.1, 0.15) is 22.8 Å². The molecule has 0 saturated heterocycles. The van der Waals surface area contributed by atoms with E-state index in [9.17, 15) is 39.9 Å². The van der Waals surface area contributed by atoms with Crippen LogP contribution in [0.3, 0.4) is 0 Å². The number of phenols is 1. The number of phenolic OH excluding ortho intramolecular Hbond substituents is 1. The Labute approximate surface area is 176 Å². The Morgan fingerprint density at radius 3 is 2.42 bits per heavy atom. The summed E-state index contributed by atoms with van der Waals surface area (Å²) in [6.45, 7) is 0. The number of nitrogens with zero attached hydrogens (tertiary/aromatic N) is 1. The van der Waals surface area contributed by atoms with Gasteiger partial charge in [0.25, 0.3) is 5.91 Å². The number of Topliss-reactive ketones (excluding diaryl/α,β-unsaturated/α-hetero) is 2. The van der Waals surface area contributed by atoms with E-state index in [1.807, 2.05) is 0 Å². The van der Waals surface area contributed by atoms with Crippen LogP contribution in [0.2, 0.25) is 0 Å². The molecular weight excluding hydrogens is 408 g/mol. The van der Waals surface area contributed by atoms with Gasteiger partial charge >= 0.3 is 0 Å². The zero-order valence-corrected chi connectivity index (χ0v) is 16.7. The van der Waals surface area contributed by atoms with E-state index in [1.165, 1.54) is 37.2 Å². The molecule has 10 nitrogen and oxygen atoms in total. The van der Waals surface area contributed by atoms with Crippen molar-refractivity contribution in [3.63, 3.8) is 0 Å². The number of ketones is 2. The van der Waals surface area contributed by atoms with Crippen LogP contribution in [-0.2, 0) is 14.4 Å². The molecule has 0 aliphatic heterocycles. The number of carbonyl (C=O) groups excluding carboxylic acids is 3. The first-order valence-electron chi connectivity index (χ1n) is 9.59. The fourth-order valence-electron chi connectivity index (χ4n) is 5.20. The lowest BCUT2D eigenvalue weighted by atomic mass is 9.57. The third kappa shape index (κ3) is 2.52. The van der Waals surface area contributed by atoms with E-state index in [0.29, 0.717) is 0 Å². The molecule has 7 N–H and O–H groups in total. The van der Waals surface area contributed by atoms with Crippen molar-refractivity contribution in [3.05, 3.63) is 46.2 Å². The van der Waals surface area contributed by atoms with Gasteiger partial charge in [-0.25, -0.2) is 0 Å². The largest absolute Gasteiger partial charge is 0.508 e. The van der Waals surface area contributed by atoms with E-state index in [2.05, 4.69) is 0 Å². The number of primary amides is 1. The van der Waals surface area contributed by atoms with E-state index in [1.54, 1.807) is 0 Å². The third-order valence-electron chi connectivity index (χ3n) is 6.57. The van der Waals surface area contributed by atoms with Gasteiger partial charge < -0.3 is 31.3 Å². The molecule has 0 aromatic heterocycles. The van der Waals surface area contributed by atoms with Crippen molar-refractivity contribution in [2.75, 3.05) is 14.1 Å². The van der Waals surface area contributed by atoms with E-state index in [0.717, 1.165) is 0 Å². The van der Waals surface area contributed by atoms with Crippen LogP contribution in [-0.4, -0.2) is 73.6 Å². The molecule has 4 rings (SSSR count). The number of nitrogens with two attached hydrogens (primary N) is 1. The molecule has 0 heterocycles. The summed E-state index contributed by atoms with van der Waals surface area (Å²) in [6, 6.07) is 3.01. The normalized spacial score (nSPS) is 32.7. The molecular formula is C21H22N2O8. The van der Waals surface area contributed by atoms with Crippen molar-refractivity contribution in [1.29, 1.82) is 0 Å². The Kier molecular flexibility index (Phi) is 4.51. The minimum Gasteiger partial charge on any atom is -0.508 e. The number of rotatable bonds is 2. The highest BCUT2D eigenvalue weighted by atomic mass is 16.3. The maximum Gasteiger partial charge on any atom is 0.255 e. The lowest BCUT2D eigenvalue weighted by Crippen LogP contribution is -2.66. The summed E-state index contributed by atoms with van der Waals surface area (Å²) < 4.78 is 0. The van der Waals surface area contributed by atoms with Crippen LogP contribution >= 0.6 is 0 Å². The molecule has 0 radical (unpaired) electrons. The maximum atomic E-state index is 13.5. The molecule has 3 aliphatic rings. The summed E-state index contributed by atoms with van der Waals surface area (Å²) in [7, 11) is 3.00. The van der Waals surface area contributed by atoms with E-state index in [-0.39, 0.29) is 23.3 Å². The maximum absolute atomic E-state index is 13.5. The molecule has 1 aromatic carbocycles. The van der Waals surface area contributed by atoms with Gasteiger partial charge in [0.2, 0.25) is 5.78 Å². The fraction of sp³-hybridized carbons (Fsp3) is 0.381. The lowest BCUT2D eigenvalue weighted by molar-refractivity contribution is -0.155. The third-order valence-corrected chi connectivity index (χ3v) is 6.57. The molecule has 0 unspecified atom stereocenters. The SMILES string of the molecule is CN(C)[C@H]1C(=O)C(C(N)=O)=C(O)[C@]2(O)C(=O)C3=C(O)c4c(O)cccc4[C@H](O)[C@@H]3C[C@H]12. The van der Waals surface area contributed by atoms with Crippen molar-refractivity contribution in [2.24, 2.45) is 17.6 Å². The Morgan fingerprint density at radius 2 is 1.84 bits per heavy atom. The van der Waals surface area contributed by atoms with Gasteiger partial charge in [-0.2, -0.15) is 0 Å².